The van der Waals surface area contributed by atoms with Crippen LogP contribution in [0.2, 0.25) is 0 Å². The Bertz CT molecular complexity index is 390. The Balaban J connectivity index is 5.52. The second-order valence-corrected chi connectivity index (χ2v) is 4.76. The van der Waals surface area contributed by atoms with E-state index >= 15 is 0 Å². The molecule has 2 unspecified atom stereocenters. The van der Waals surface area contributed by atoms with Crippen LogP contribution in [0, 0.1) is 0 Å². The van der Waals surface area contributed by atoms with Gasteiger partial charge in [0.05, 0.1) is 0 Å². The van der Waals surface area contributed by atoms with Crippen molar-refractivity contribution >= 4 is 5.97 Å². The number of ether oxygens (including phenoxy) is 1. The summed E-state index contributed by atoms with van der Waals surface area (Å²) >= 11 is 0. The third-order valence-corrected chi connectivity index (χ3v) is 2.49. The Morgan fingerprint density at radius 2 is 1.60 bits per heavy atom. The third-order valence-electron chi connectivity index (χ3n) is 2.49. The zero-order valence-corrected chi connectivity index (χ0v) is 10.9. The van der Waals surface area contributed by atoms with Crippen molar-refractivity contribution < 1.29 is 41.0 Å². The van der Waals surface area contributed by atoms with Gasteiger partial charge in [-0.1, -0.05) is 6.58 Å². The molecule has 0 amide bonds. The number of hydrogen-bond acceptors (Lipinski definition) is 3. The Hall–Kier alpha value is -1.25. The van der Waals surface area contributed by atoms with Gasteiger partial charge in [-0.3, -0.25) is 0 Å². The molecule has 0 spiro atoms. The number of esters is 1. The van der Waals surface area contributed by atoms with Gasteiger partial charge in [-0.15, -0.1) is 0 Å². The normalized spacial score (nSPS) is 17.6. The standard InChI is InChI=1S/C11H14F6O3/c1-5(2)6(18)20-9(3,4)7(12)10(19,8(13)14)11(15,16)17/h7-8,19H,1H2,2-4H3. The van der Waals surface area contributed by atoms with Crippen LogP contribution >= 0.6 is 0 Å². The second kappa shape index (κ2) is 5.63. The van der Waals surface area contributed by atoms with Crippen molar-refractivity contribution in [1.82, 2.24) is 0 Å². The fourth-order valence-electron chi connectivity index (χ4n) is 1.29. The molecule has 0 saturated heterocycles. The zero-order valence-electron chi connectivity index (χ0n) is 10.9. The summed E-state index contributed by atoms with van der Waals surface area (Å²) in [6.07, 6.45) is -14.0. The lowest BCUT2D eigenvalue weighted by Crippen LogP contribution is -2.64. The van der Waals surface area contributed by atoms with E-state index in [9.17, 15) is 31.1 Å². The van der Waals surface area contributed by atoms with Crippen LogP contribution in [0.25, 0.3) is 0 Å². The summed E-state index contributed by atoms with van der Waals surface area (Å²) < 4.78 is 80.7. The molecule has 20 heavy (non-hydrogen) atoms. The van der Waals surface area contributed by atoms with Crippen molar-refractivity contribution in [3.8, 4) is 0 Å². The zero-order chi connectivity index (χ0) is 16.5. The molecule has 1 N–H and O–H groups in total. The molecule has 0 aliphatic heterocycles. The van der Waals surface area contributed by atoms with Gasteiger partial charge in [0.1, 0.15) is 5.60 Å². The maximum Gasteiger partial charge on any atom is 0.426 e. The van der Waals surface area contributed by atoms with Crippen molar-refractivity contribution in [3.63, 3.8) is 0 Å². The van der Waals surface area contributed by atoms with Gasteiger partial charge in [0.25, 0.3) is 12.0 Å². The molecule has 0 aliphatic carbocycles. The Morgan fingerprint density at radius 3 is 1.85 bits per heavy atom. The number of rotatable bonds is 5. The molecular weight excluding hydrogens is 294 g/mol. The lowest BCUT2D eigenvalue weighted by atomic mass is 9.86. The molecule has 0 fully saturated rings. The molecule has 2 atom stereocenters. The van der Waals surface area contributed by atoms with Gasteiger partial charge in [-0.05, 0) is 20.8 Å². The minimum absolute atomic E-state index is 0.266. The Labute approximate surface area is 111 Å². The number of aliphatic hydroxyl groups is 1. The minimum Gasteiger partial charge on any atom is -0.453 e. The third kappa shape index (κ3) is 3.44. The number of alkyl halides is 6. The monoisotopic (exact) mass is 308 g/mol. The summed E-state index contributed by atoms with van der Waals surface area (Å²) in [4.78, 5) is 11.2. The van der Waals surface area contributed by atoms with E-state index in [0.717, 1.165) is 6.92 Å². The topological polar surface area (TPSA) is 46.5 Å². The van der Waals surface area contributed by atoms with Gasteiger partial charge in [-0.25, -0.2) is 18.0 Å². The van der Waals surface area contributed by atoms with Crippen molar-refractivity contribution in [2.24, 2.45) is 0 Å². The maximum atomic E-state index is 13.8. The van der Waals surface area contributed by atoms with E-state index in [-0.39, 0.29) is 5.57 Å². The molecule has 0 rings (SSSR count). The van der Waals surface area contributed by atoms with Gasteiger partial charge in [0, 0.05) is 5.57 Å². The van der Waals surface area contributed by atoms with E-state index in [2.05, 4.69) is 11.3 Å². The van der Waals surface area contributed by atoms with Crippen molar-refractivity contribution in [1.29, 1.82) is 0 Å². The first kappa shape index (κ1) is 18.8. The molecule has 118 valence electrons. The van der Waals surface area contributed by atoms with Crippen LogP contribution in [0.1, 0.15) is 20.8 Å². The number of halogens is 6. The molecule has 0 heterocycles. The SMILES string of the molecule is C=C(C)C(=O)OC(C)(C)C(F)C(O)(C(F)F)C(F)(F)F. The second-order valence-electron chi connectivity index (χ2n) is 4.76. The molecule has 0 bridgehead atoms. The average Bonchev–Trinajstić information content (AvgIpc) is 2.24. The van der Waals surface area contributed by atoms with Gasteiger partial charge in [0.15, 0.2) is 6.17 Å². The van der Waals surface area contributed by atoms with Crippen LogP contribution in [0.3, 0.4) is 0 Å². The summed E-state index contributed by atoms with van der Waals surface area (Å²) in [5, 5.41) is 9.02. The summed E-state index contributed by atoms with van der Waals surface area (Å²) in [5.41, 5.74) is -7.86. The first-order chi connectivity index (χ1) is 8.68. The molecule has 0 aliphatic rings. The molecular formula is C11H14F6O3. The fraction of sp³-hybridized carbons (Fsp3) is 0.727. The molecule has 0 aromatic heterocycles. The lowest BCUT2D eigenvalue weighted by Gasteiger charge is -2.39. The largest absolute Gasteiger partial charge is 0.453 e. The quantitative estimate of drug-likeness (QED) is 0.482. The van der Waals surface area contributed by atoms with Crippen molar-refractivity contribution in [2.45, 2.75) is 50.7 Å². The Morgan fingerprint density at radius 1 is 1.20 bits per heavy atom. The first-order valence-corrected chi connectivity index (χ1v) is 5.28. The molecule has 0 aromatic carbocycles. The predicted molar refractivity (Wildman–Crippen MR) is 56.9 cm³/mol. The average molecular weight is 308 g/mol. The fourth-order valence-corrected chi connectivity index (χ4v) is 1.29. The van der Waals surface area contributed by atoms with Gasteiger partial charge >= 0.3 is 12.1 Å². The predicted octanol–water partition coefficient (Wildman–Crippen LogP) is 2.78. The van der Waals surface area contributed by atoms with Crippen molar-refractivity contribution in [3.05, 3.63) is 12.2 Å². The van der Waals surface area contributed by atoms with E-state index < -0.39 is 35.9 Å². The molecule has 0 radical (unpaired) electrons. The van der Waals surface area contributed by atoms with Crippen LogP contribution in [-0.4, -0.2) is 41.1 Å². The number of hydrogen-bond donors (Lipinski definition) is 1. The highest BCUT2D eigenvalue weighted by molar-refractivity contribution is 5.87. The molecule has 3 nitrogen and oxygen atoms in total. The highest BCUT2D eigenvalue weighted by Gasteiger charge is 2.69. The molecule has 9 heteroatoms. The van der Waals surface area contributed by atoms with Crippen molar-refractivity contribution in [2.75, 3.05) is 0 Å². The Kier molecular flexibility index (Phi) is 5.28. The summed E-state index contributed by atoms with van der Waals surface area (Å²) in [6, 6.07) is 0. The maximum absolute atomic E-state index is 13.8. The highest BCUT2D eigenvalue weighted by Crippen LogP contribution is 2.43. The van der Waals surface area contributed by atoms with Crippen LogP contribution in [-0.2, 0) is 9.53 Å². The van der Waals surface area contributed by atoms with Gasteiger partial charge < -0.3 is 9.84 Å². The first-order valence-electron chi connectivity index (χ1n) is 5.28. The summed E-state index contributed by atoms with van der Waals surface area (Å²) in [7, 11) is 0. The van der Waals surface area contributed by atoms with Gasteiger partial charge in [-0.2, -0.15) is 13.2 Å². The minimum atomic E-state index is -5.95. The van der Waals surface area contributed by atoms with E-state index in [1.165, 1.54) is 0 Å². The van der Waals surface area contributed by atoms with E-state index in [0.29, 0.717) is 13.8 Å². The molecule has 0 aromatic rings. The summed E-state index contributed by atoms with van der Waals surface area (Å²) in [5.74, 6) is -1.27. The smallest absolute Gasteiger partial charge is 0.426 e. The van der Waals surface area contributed by atoms with E-state index in [1.54, 1.807) is 0 Å². The summed E-state index contributed by atoms with van der Waals surface area (Å²) in [6.45, 7) is 5.52. The van der Waals surface area contributed by atoms with Crippen LogP contribution in [0.4, 0.5) is 26.3 Å². The van der Waals surface area contributed by atoms with Crippen LogP contribution in [0.15, 0.2) is 12.2 Å². The van der Waals surface area contributed by atoms with Crippen LogP contribution < -0.4 is 0 Å². The lowest BCUT2D eigenvalue weighted by molar-refractivity contribution is -0.333. The highest BCUT2D eigenvalue weighted by atomic mass is 19.4. The van der Waals surface area contributed by atoms with Crippen LogP contribution in [0.5, 0.6) is 0 Å². The van der Waals surface area contributed by atoms with E-state index in [4.69, 9.17) is 5.11 Å². The number of carbonyl (C=O) groups is 1. The van der Waals surface area contributed by atoms with Gasteiger partial charge in [0.2, 0.25) is 0 Å². The number of carbonyl (C=O) groups excluding carboxylic acids is 1. The molecule has 0 saturated carbocycles. The van der Waals surface area contributed by atoms with E-state index in [1.807, 2.05) is 0 Å².